The highest BCUT2D eigenvalue weighted by Crippen LogP contribution is 2.14. The van der Waals surface area contributed by atoms with Crippen LogP contribution in [0.4, 0.5) is 0 Å². The first kappa shape index (κ1) is 13.9. The van der Waals surface area contributed by atoms with Gasteiger partial charge in [0, 0.05) is 19.1 Å². The molecule has 1 unspecified atom stereocenters. The monoisotopic (exact) mass is 229 g/mol. The predicted octanol–water partition coefficient (Wildman–Crippen LogP) is -0.0172. The Kier molecular flexibility index (Phi) is 6.28. The molecule has 1 rings (SSSR count). The minimum absolute atomic E-state index is 0.246. The maximum atomic E-state index is 9.82. The topological polar surface area (TPSA) is 38.7 Å². The van der Waals surface area contributed by atoms with Crippen LogP contribution in [-0.4, -0.2) is 73.9 Å². The Labute approximate surface area is 99.6 Å². The second-order valence-corrected chi connectivity index (χ2v) is 4.94. The molecule has 16 heavy (non-hydrogen) atoms. The van der Waals surface area contributed by atoms with Gasteiger partial charge in [0.25, 0.3) is 0 Å². The molecule has 1 aliphatic heterocycles. The molecule has 96 valence electrons. The Balaban J connectivity index is 2.20. The summed E-state index contributed by atoms with van der Waals surface area (Å²) in [5.41, 5.74) is 0. The van der Waals surface area contributed by atoms with Crippen molar-refractivity contribution in [1.29, 1.82) is 0 Å². The first-order valence-electron chi connectivity index (χ1n) is 6.41. The molecule has 1 fully saturated rings. The molecule has 4 heteroatoms. The summed E-state index contributed by atoms with van der Waals surface area (Å²) >= 11 is 0. The molecule has 0 aromatic carbocycles. The van der Waals surface area contributed by atoms with Crippen molar-refractivity contribution in [3.8, 4) is 0 Å². The number of hydrogen-bond donors (Lipinski definition) is 2. The van der Waals surface area contributed by atoms with Gasteiger partial charge in [-0.15, -0.1) is 0 Å². The molecule has 0 radical (unpaired) electrons. The number of hydrogen-bond acceptors (Lipinski definition) is 4. The molecule has 0 spiro atoms. The summed E-state index contributed by atoms with van der Waals surface area (Å²) in [6.07, 6.45) is 2.20. The average Bonchev–Trinajstić information content (AvgIpc) is 2.27. The number of nitrogens with zero attached hydrogens (tertiary/aromatic N) is 2. The van der Waals surface area contributed by atoms with Crippen LogP contribution in [-0.2, 0) is 0 Å². The molecule has 1 atom stereocenters. The van der Waals surface area contributed by atoms with Crippen molar-refractivity contribution >= 4 is 0 Å². The second-order valence-electron chi connectivity index (χ2n) is 4.94. The molecule has 0 bridgehead atoms. The smallest absolute Gasteiger partial charge is 0.0791 e. The molecule has 0 aromatic heterocycles. The summed E-state index contributed by atoms with van der Waals surface area (Å²) in [5.74, 6) is 0. The fraction of sp³-hybridized carbons (Fsp3) is 1.00. The number of nitrogens with one attached hydrogen (secondary N) is 1. The van der Waals surface area contributed by atoms with Gasteiger partial charge in [0.2, 0.25) is 0 Å². The number of rotatable bonds is 6. The molecule has 0 saturated carbocycles. The minimum Gasteiger partial charge on any atom is -0.390 e. The van der Waals surface area contributed by atoms with Crippen LogP contribution >= 0.6 is 0 Å². The first-order valence-corrected chi connectivity index (χ1v) is 6.41. The van der Waals surface area contributed by atoms with E-state index in [1.807, 2.05) is 0 Å². The van der Waals surface area contributed by atoms with Gasteiger partial charge in [0.05, 0.1) is 6.10 Å². The van der Waals surface area contributed by atoms with Crippen molar-refractivity contribution in [3.63, 3.8) is 0 Å². The van der Waals surface area contributed by atoms with Crippen LogP contribution in [0.1, 0.15) is 19.8 Å². The van der Waals surface area contributed by atoms with Gasteiger partial charge in [-0.2, -0.15) is 0 Å². The van der Waals surface area contributed by atoms with Crippen LogP contribution in [0.15, 0.2) is 0 Å². The summed E-state index contributed by atoms with van der Waals surface area (Å²) in [6, 6.07) is 0.646. The van der Waals surface area contributed by atoms with Crippen molar-refractivity contribution in [3.05, 3.63) is 0 Å². The summed E-state index contributed by atoms with van der Waals surface area (Å²) < 4.78 is 0. The normalized spacial score (nSPS) is 21.6. The summed E-state index contributed by atoms with van der Waals surface area (Å²) in [5, 5.41) is 13.0. The lowest BCUT2D eigenvalue weighted by molar-refractivity contribution is 0.0789. The van der Waals surface area contributed by atoms with Gasteiger partial charge in [-0.3, -0.25) is 0 Å². The van der Waals surface area contributed by atoms with E-state index in [-0.39, 0.29) is 6.10 Å². The zero-order valence-corrected chi connectivity index (χ0v) is 10.9. The lowest BCUT2D eigenvalue weighted by atomic mass is 10.0. The van der Waals surface area contributed by atoms with Crippen molar-refractivity contribution < 1.29 is 5.11 Å². The van der Waals surface area contributed by atoms with Crippen LogP contribution in [0.2, 0.25) is 0 Å². The Hall–Kier alpha value is -0.160. The molecule has 1 aliphatic rings. The molecule has 1 heterocycles. The molecule has 4 nitrogen and oxygen atoms in total. The third-order valence-corrected chi connectivity index (χ3v) is 3.44. The highest BCUT2D eigenvalue weighted by molar-refractivity contribution is 4.78. The third kappa shape index (κ3) is 4.78. The van der Waals surface area contributed by atoms with E-state index in [9.17, 15) is 5.11 Å². The van der Waals surface area contributed by atoms with E-state index in [0.717, 1.165) is 13.1 Å². The van der Waals surface area contributed by atoms with Gasteiger partial charge in [-0.05, 0) is 46.6 Å². The van der Waals surface area contributed by atoms with Gasteiger partial charge < -0.3 is 20.2 Å². The number of aliphatic hydroxyl groups excluding tert-OH is 1. The quantitative estimate of drug-likeness (QED) is 0.671. The fourth-order valence-electron chi connectivity index (χ4n) is 2.29. The minimum atomic E-state index is -0.246. The molecular weight excluding hydrogens is 202 g/mol. The van der Waals surface area contributed by atoms with Crippen molar-refractivity contribution in [1.82, 2.24) is 15.1 Å². The molecule has 0 aromatic rings. The zero-order chi connectivity index (χ0) is 12.0. The number of likely N-dealkylation sites (tertiary alicyclic amines) is 1. The van der Waals surface area contributed by atoms with Crippen molar-refractivity contribution in [2.75, 3.05) is 46.8 Å². The number of aliphatic hydroxyl groups is 1. The van der Waals surface area contributed by atoms with E-state index in [2.05, 4.69) is 36.1 Å². The molecule has 0 amide bonds. The predicted molar refractivity (Wildman–Crippen MR) is 67.7 cm³/mol. The zero-order valence-electron chi connectivity index (χ0n) is 10.9. The highest BCUT2D eigenvalue weighted by atomic mass is 16.3. The third-order valence-electron chi connectivity index (χ3n) is 3.44. The maximum absolute atomic E-state index is 9.82. The van der Waals surface area contributed by atoms with Crippen LogP contribution < -0.4 is 5.32 Å². The van der Waals surface area contributed by atoms with Gasteiger partial charge >= 0.3 is 0 Å². The standard InChI is InChI=1S/C12H27N3O/c1-4-13-9-12(16)10-15(3)11-5-7-14(2)8-6-11/h11-13,16H,4-10H2,1-3H3. The summed E-state index contributed by atoms with van der Waals surface area (Å²) in [7, 11) is 4.31. The van der Waals surface area contributed by atoms with E-state index in [4.69, 9.17) is 0 Å². The van der Waals surface area contributed by atoms with Crippen LogP contribution in [0.5, 0.6) is 0 Å². The number of piperidine rings is 1. The molecular formula is C12H27N3O. The van der Waals surface area contributed by atoms with E-state index < -0.39 is 0 Å². The van der Waals surface area contributed by atoms with E-state index in [1.165, 1.54) is 25.9 Å². The Morgan fingerprint density at radius 3 is 2.62 bits per heavy atom. The Bertz CT molecular complexity index is 181. The SMILES string of the molecule is CCNCC(O)CN(C)C1CCN(C)CC1. The maximum Gasteiger partial charge on any atom is 0.0791 e. The lowest BCUT2D eigenvalue weighted by Gasteiger charge is -2.36. The van der Waals surface area contributed by atoms with Crippen molar-refractivity contribution in [2.45, 2.75) is 31.9 Å². The molecule has 2 N–H and O–H groups in total. The second kappa shape index (κ2) is 7.22. The van der Waals surface area contributed by atoms with Gasteiger partial charge in [-0.25, -0.2) is 0 Å². The molecule has 1 saturated heterocycles. The van der Waals surface area contributed by atoms with Crippen molar-refractivity contribution in [2.24, 2.45) is 0 Å². The summed E-state index contributed by atoms with van der Waals surface area (Å²) in [6.45, 7) is 6.83. The Morgan fingerprint density at radius 2 is 2.06 bits per heavy atom. The van der Waals surface area contributed by atoms with Gasteiger partial charge in [-0.1, -0.05) is 6.92 Å². The Morgan fingerprint density at radius 1 is 1.44 bits per heavy atom. The highest BCUT2D eigenvalue weighted by Gasteiger charge is 2.21. The average molecular weight is 229 g/mol. The summed E-state index contributed by atoms with van der Waals surface area (Å²) in [4.78, 5) is 4.69. The fourth-order valence-corrected chi connectivity index (χ4v) is 2.29. The molecule has 0 aliphatic carbocycles. The van der Waals surface area contributed by atoms with Crippen LogP contribution in [0.3, 0.4) is 0 Å². The van der Waals surface area contributed by atoms with Gasteiger partial charge in [0.1, 0.15) is 0 Å². The largest absolute Gasteiger partial charge is 0.390 e. The van der Waals surface area contributed by atoms with E-state index in [0.29, 0.717) is 12.6 Å². The van der Waals surface area contributed by atoms with E-state index in [1.54, 1.807) is 0 Å². The van der Waals surface area contributed by atoms with E-state index >= 15 is 0 Å². The number of likely N-dealkylation sites (N-methyl/N-ethyl adjacent to an activating group) is 2. The van der Waals surface area contributed by atoms with Crippen LogP contribution in [0.25, 0.3) is 0 Å². The first-order chi connectivity index (χ1) is 7.63. The lowest BCUT2D eigenvalue weighted by Crippen LogP contribution is -2.46. The van der Waals surface area contributed by atoms with Crippen LogP contribution in [0, 0.1) is 0 Å². The van der Waals surface area contributed by atoms with Gasteiger partial charge in [0.15, 0.2) is 0 Å².